The SMILES string of the molecule is CC=CCNCC1OCCc2ccccc21. The zero-order chi connectivity index (χ0) is 11.2. The molecule has 0 aliphatic carbocycles. The number of rotatable bonds is 4. The van der Waals surface area contributed by atoms with Crippen LogP contribution >= 0.6 is 0 Å². The van der Waals surface area contributed by atoms with Gasteiger partial charge in [0.25, 0.3) is 0 Å². The second kappa shape index (κ2) is 5.83. The van der Waals surface area contributed by atoms with E-state index in [-0.39, 0.29) is 6.10 Å². The lowest BCUT2D eigenvalue weighted by Gasteiger charge is -2.26. The van der Waals surface area contributed by atoms with Crippen LogP contribution in [0.1, 0.15) is 24.2 Å². The van der Waals surface area contributed by atoms with Crippen molar-refractivity contribution < 1.29 is 4.74 Å². The first-order valence-electron chi connectivity index (χ1n) is 5.93. The Labute approximate surface area is 97.3 Å². The zero-order valence-electron chi connectivity index (χ0n) is 9.78. The molecule has 1 N–H and O–H groups in total. The molecule has 86 valence electrons. The predicted molar refractivity (Wildman–Crippen MR) is 66.5 cm³/mol. The minimum absolute atomic E-state index is 0.218. The summed E-state index contributed by atoms with van der Waals surface area (Å²) in [4.78, 5) is 0. The third-order valence-corrected chi connectivity index (χ3v) is 2.92. The van der Waals surface area contributed by atoms with Crippen molar-refractivity contribution in [3.05, 3.63) is 47.5 Å². The van der Waals surface area contributed by atoms with Gasteiger partial charge in [-0.25, -0.2) is 0 Å². The lowest BCUT2D eigenvalue weighted by Crippen LogP contribution is -2.27. The summed E-state index contributed by atoms with van der Waals surface area (Å²) in [5.74, 6) is 0. The van der Waals surface area contributed by atoms with Crippen molar-refractivity contribution in [2.75, 3.05) is 19.7 Å². The van der Waals surface area contributed by atoms with E-state index in [0.29, 0.717) is 0 Å². The molecule has 0 fully saturated rings. The number of hydrogen-bond acceptors (Lipinski definition) is 2. The number of hydrogen-bond donors (Lipinski definition) is 1. The van der Waals surface area contributed by atoms with Crippen LogP contribution < -0.4 is 5.32 Å². The molecule has 0 radical (unpaired) electrons. The van der Waals surface area contributed by atoms with Crippen LogP contribution in [0, 0.1) is 0 Å². The molecule has 0 amide bonds. The van der Waals surface area contributed by atoms with Crippen molar-refractivity contribution in [2.24, 2.45) is 0 Å². The summed E-state index contributed by atoms with van der Waals surface area (Å²) in [6.45, 7) is 4.68. The maximum Gasteiger partial charge on any atom is 0.0952 e. The van der Waals surface area contributed by atoms with E-state index in [0.717, 1.165) is 26.1 Å². The Hall–Kier alpha value is -1.12. The Morgan fingerprint density at radius 1 is 1.44 bits per heavy atom. The van der Waals surface area contributed by atoms with Gasteiger partial charge < -0.3 is 10.1 Å². The topological polar surface area (TPSA) is 21.3 Å². The van der Waals surface area contributed by atoms with Crippen molar-refractivity contribution in [2.45, 2.75) is 19.4 Å². The van der Waals surface area contributed by atoms with E-state index in [2.05, 4.69) is 41.7 Å². The van der Waals surface area contributed by atoms with Gasteiger partial charge in [0.15, 0.2) is 0 Å². The average Bonchev–Trinajstić information content (AvgIpc) is 2.35. The number of fused-ring (bicyclic) bond motifs is 1. The molecule has 0 spiro atoms. The molecule has 1 unspecified atom stereocenters. The normalized spacial score (nSPS) is 19.9. The van der Waals surface area contributed by atoms with Gasteiger partial charge in [-0.3, -0.25) is 0 Å². The predicted octanol–water partition coefficient (Wildman–Crippen LogP) is 2.47. The molecule has 1 aliphatic heterocycles. The largest absolute Gasteiger partial charge is 0.372 e. The third-order valence-electron chi connectivity index (χ3n) is 2.92. The van der Waals surface area contributed by atoms with Gasteiger partial charge in [0.05, 0.1) is 12.7 Å². The van der Waals surface area contributed by atoms with Crippen LogP contribution in [0.25, 0.3) is 0 Å². The van der Waals surface area contributed by atoms with Gasteiger partial charge in [0.2, 0.25) is 0 Å². The molecule has 2 rings (SSSR count). The average molecular weight is 217 g/mol. The first kappa shape index (κ1) is 11.4. The van der Waals surface area contributed by atoms with Crippen molar-refractivity contribution >= 4 is 0 Å². The van der Waals surface area contributed by atoms with Crippen LogP contribution in [0.15, 0.2) is 36.4 Å². The number of benzene rings is 1. The first-order chi connectivity index (χ1) is 7.92. The standard InChI is InChI=1S/C14H19NO/c1-2-3-9-15-11-14-13-7-5-4-6-12(13)8-10-16-14/h2-7,14-15H,8-11H2,1H3. The van der Waals surface area contributed by atoms with Gasteiger partial charge in [-0.2, -0.15) is 0 Å². The minimum atomic E-state index is 0.218. The van der Waals surface area contributed by atoms with Gasteiger partial charge in [-0.15, -0.1) is 0 Å². The van der Waals surface area contributed by atoms with Crippen LogP contribution in [-0.4, -0.2) is 19.7 Å². The Morgan fingerprint density at radius 2 is 2.31 bits per heavy atom. The maximum atomic E-state index is 5.80. The smallest absolute Gasteiger partial charge is 0.0952 e. The Kier molecular flexibility index (Phi) is 4.14. The Morgan fingerprint density at radius 3 is 3.19 bits per heavy atom. The van der Waals surface area contributed by atoms with Crippen LogP contribution in [0.4, 0.5) is 0 Å². The molecular formula is C14H19NO. The highest BCUT2D eigenvalue weighted by atomic mass is 16.5. The molecule has 0 saturated heterocycles. The molecule has 16 heavy (non-hydrogen) atoms. The van der Waals surface area contributed by atoms with Gasteiger partial charge >= 0.3 is 0 Å². The fourth-order valence-corrected chi connectivity index (χ4v) is 2.06. The van der Waals surface area contributed by atoms with Gasteiger partial charge in [-0.05, 0) is 24.5 Å². The summed E-state index contributed by atoms with van der Waals surface area (Å²) >= 11 is 0. The van der Waals surface area contributed by atoms with Crippen molar-refractivity contribution in [1.82, 2.24) is 5.32 Å². The van der Waals surface area contributed by atoms with Crippen molar-refractivity contribution in [3.8, 4) is 0 Å². The van der Waals surface area contributed by atoms with E-state index < -0.39 is 0 Å². The summed E-state index contributed by atoms with van der Waals surface area (Å²) < 4.78 is 5.80. The molecule has 1 atom stereocenters. The molecule has 1 heterocycles. The second-order valence-electron chi connectivity index (χ2n) is 4.04. The fraction of sp³-hybridized carbons (Fsp3) is 0.429. The lowest BCUT2D eigenvalue weighted by atomic mass is 9.97. The molecular weight excluding hydrogens is 198 g/mol. The molecule has 1 aromatic carbocycles. The molecule has 1 aromatic rings. The van der Waals surface area contributed by atoms with E-state index >= 15 is 0 Å². The maximum absolute atomic E-state index is 5.80. The second-order valence-corrected chi connectivity index (χ2v) is 4.04. The van der Waals surface area contributed by atoms with E-state index in [1.165, 1.54) is 11.1 Å². The van der Waals surface area contributed by atoms with Gasteiger partial charge in [-0.1, -0.05) is 36.4 Å². The Bertz CT molecular complexity index is 360. The summed E-state index contributed by atoms with van der Waals surface area (Å²) in [6, 6.07) is 8.58. The summed E-state index contributed by atoms with van der Waals surface area (Å²) in [7, 11) is 0. The van der Waals surface area contributed by atoms with E-state index in [1.54, 1.807) is 0 Å². The van der Waals surface area contributed by atoms with E-state index in [4.69, 9.17) is 4.74 Å². The van der Waals surface area contributed by atoms with Crippen LogP contribution in [0.5, 0.6) is 0 Å². The highest BCUT2D eigenvalue weighted by Crippen LogP contribution is 2.25. The zero-order valence-corrected chi connectivity index (χ0v) is 9.78. The summed E-state index contributed by atoms with van der Waals surface area (Å²) in [6.07, 6.45) is 5.44. The molecule has 0 saturated carbocycles. The van der Waals surface area contributed by atoms with E-state index in [1.807, 2.05) is 6.92 Å². The fourth-order valence-electron chi connectivity index (χ4n) is 2.06. The minimum Gasteiger partial charge on any atom is -0.372 e. The van der Waals surface area contributed by atoms with Crippen LogP contribution in [-0.2, 0) is 11.2 Å². The number of allylic oxidation sites excluding steroid dienone is 1. The molecule has 0 bridgehead atoms. The summed E-state index contributed by atoms with van der Waals surface area (Å²) in [5, 5.41) is 3.39. The highest BCUT2D eigenvalue weighted by Gasteiger charge is 2.19. The monoisotopic (exact) mass is 217 g/mol. The summed E-state index contributed by atoms with van der Waals surface area (Å²) in [5.41, 5.74) is 2.79. The molecule has 2 heteroatoms. The number of ether oxygens (including phenoxy) is 1. The van der Waals surface area contributed by atoms with Gasteiger partial charge in [0.1, 0.15) is 0 Å². The van der Waals surface area contributed by atoms with Crippen molar-refractivity contribution in [1.29, 1.82) is 0 Å². The molecule has 0 aromatic heterocycles. The molecule has 2 nitrogen and oxygen atoms in total. The van der Waals surface area contributed by atoms with Crippen LogP contribution in [0.3, 0.4) is 0 Å². The first-order valence-corrected chi connectivity index (χ1v) is 5.93. The van der Waals surface area contributed by atoms with Crippen LogP contribution in [0.2, 0.25) is 0 Å². The van der Waals surface area contributed by atoms with E-state index in [9.17, 15) is 0 Å². The van der Waals surface area contributed by atoms with Crippen molar-refractivity contribution in [3.63, 3.8) is 0 Å². The third kappa shape index (κ3) is 2.71. The lowest BCUT2D eigenvalue weighted by molar-refractivity contribution is 0.0432. The number of nitrogens with one attached hydrogen (secondary N) is 1. The highest BCUT2D eigenvalue weighted by molar-refractivity contribution is 5.31. The Balaban J connectivity index is 1.96. The van der Waals surface area contributed by atoms with Gasteiger partial charge in [0, 0.05) is 13.1 Å². The molecule has 1 aliphatic rings. The quantitative estimate of drug-likeness (QED) is 0.618.